The number of rotatable bonds is 6. The Morgan fingerprint density at radius 3 is 2.81 bits per heavy atom. The minimum atomic E-state index is -0.441. The smallest absolute Gasteiger partial charge is 0.261 e. The molecule has 2 aromatic rings. The number of aromatic nitrogens is 2. The average Bonchev–Trinajstić information content (AvgIpc) is 2.94. The maximum atomic E-state index is 5.97. The van der Waals surface area contributed by atoms with Crippen molar-refractivity contribution in [1.82, 2.24) is 10.1 Å². The second-order valence-corrected chi connectivity index (χ2v) is 5.23. The standard InChI is InChI=1S/C14H18ClN3O3/c1-8(2)20-7-11(16)13-17-14(21-18-13)10-5-4-9(15)6-12(10)19-3/h4-6,8,11H,7,16H2,1-3H3. The van der Waals surface area contributed by atoms with Crippen LogP contribution in [0, 0.1) is 0 Å². The van der Waals surface area contributed by atoms with Crippen LogP contribution < -0.4 is 10.5 Å². The third kappa shape index (κ3) is 3.93. The van der Waals surface area contributed by atoms with Crippen LogP contribution in [0.4, 0.5) is 0 Å². The van der Waals surface area contributed by atoms with E-state index in [2.05, 4.69) is 10.1 Å². The molecule has 1 heterocycles. The molecule has 21 heavy (non-hydrogen) atoms. The molecule has 1 aromatic carbocycles. The minimum Gasteiger partial charge on any atom is -0.496 e. The van der Waals surface area contributed by atoms with Gasteiger partial charge in [0.05, 0.1) is 31.4 Å². The zero-order valence-corrected chi connectivity index (χ0v) is 12.9. The topological polar surface area (TPSA) is 83.4 Å². The average molecular weight is 312 g/mol. The molecule has 0 aliphatic rings. The van der Waals surface area contributed by atoms with Crippen molar-refractivity contribution >= 4 is 11.6 Å². The van der Waals surface area contributed by atoms with Gasteiger partial charge in [0.15, 0.2) is 5.82 Å². The largest absolute Gasteiger partial charge is 0.496 e. The first kappa shape index (κ1) is 15.8. The Kier molecular flexibility index (Phi) is 5.17. The number of methoxy groups -OCH3 is 1. The maximum Gasteiger partial charge on any atom is 0.261 e. The zero-order chi connectivity index (χ0) is 15.4. The van der Waals surface area contributed by atoms with Crippen LogP contribution in [0.1, 0.15) is 25.7 Å². The number of nitrogens with two attached hydrogens (primary N) is 1. The molecule has 1 atom stereocenters. The molecule has 1 unspecified atom stereocenters. The Morgan fingerprint density at radius 1 is 1.38 bits per heavy atom. The van der Waals surface area contributed by atoms with E-state index in [1.165, 1.54) is 0 Å². The van der Waals surface area contributed by atoms with Crippen molar-refractivity contribution in [2.75, 3.05) is 13.7 Å². The van der Waals surface area contributed by atoms with E-state index in [-0.39, 0.29) is 6.10 Å². The van der Waals surface area contributed by atoms with E-state index < -0.39 is 6.04 Å². The highest BCUT2D eigenvalue weighted by Gasteiger charge is 2.18. The van der Waals surface area contributed by atoms with Gasteiger partial charge in [-0.2, -0.15) is 4.98 Å². The number of ether oxygens (including phenoxy) is 2. The van der Waals surface area contributed by atoms with Crippen molar-refractivity contribution in [3.05, 3.63) is 29.0 Å². The monoisotopic (exact) mass is 311 g/mol. The molecule has 0 aliphatic carbocycles. The molecular weight excluding hydrogens is 294 g/mol. The van der Waals surface area contributed by atoms with Gasteiger partial charge in [-0.3, -0.25) is 0 Å². The summed E-state index contributed by atoms with van der Waals surface area (Å²) in [5.41, 5.74) is 6.63. The van der Waals surface area contributed by atoms with E-state index >= 15 is 0 Å². The fourth-order valence-corrected chi connectivity index (χ4v) is 1.87. The Bertz CT molecular complexity index is 601. The Labute approximate surface area is 128 Å². The van der Waals surface area contributed by atoms with Crippen LogP contribution in [0.3, 0.4) is 0 Å². The normalized spacial score (nSPS) is 12.7. The van der Waals surface area contributed by atoms with Crippen LogP contribution in [0.15, 0.2) is 22.7 Å². The van der Waals surface area contributed by atoms with Crippen LogP contribution in [0.25, 0.3) is 11.5 Å². The quantitative estimate of drug-likeness (QED) is 0.883. The molecule has 114 valence electrons. The highest BCUT2D eigenvalue weighted by atomic mass is 35.5. The first-order valence-corrected chi connectivity index (χ1v) is 6.93. The van der Waals surface area contributed by atoms with Crippen LogP contribution in [-0.2, 0) is 4.74 Å². The first-order valence-electron chi connectivity index (χ1n) is 6.56. The van der Waals surface area contributed by atoms with Gasteiger partial charge in [-0.1, -0.05) is 16.8 Å². The molecule has 6 nitrogen and oxygen atoms in total. The fourth-order valence-electron chi connectivity index (χ4n) is 1.71. The number of hydrogen-bond acceptors (Lipinski definition) is 6. The summed E-state index contributed by atoms with van der Waals surface area (Å²) in [6.45, 7) is 4.20. The van der Waals surface area contributed by atoms with Gasteiger partial charge in [0.25, 0.3) is 5.89 Å². The van der Waals surface area contributed by atoms with E-state index in [0.717, 1.165) is 0 Å². The van der Waals surface area contributed by atoms with Gasteiger partial charge < -0.3 is 19.7 Å². The molecule has 2 rings (SSSR count). The molecule has 2 N–H and O–H groups in total. The van der Waals surface area contributed by atoms with Crippen molar-refractivity contribution in [2.45, 2.75) is 26.0 Å². The van der Waals surface area contributed by atoms with Gasteiger partial charge in [0.1, 0.15) is 5.75 Å². The summed E-state index contributed by atoms with van der Waals surface area (Å²) in [5.74, 6) is 1.28. The predicted octanol–water partition coefficient (Wildman–Crippen LogP) is 2.82. The Balaban J connectivity index is 2.20. The molecule has 0 saturated carbocycles. The summed E-state index contributed by atoms with van der Waals surface area (Å²) >= 11 is 5.93. The van der Waals surface area contributed by atoms with E-state index in [1.54, 1.807) is 25.3 Å². The minimum absolute atomic E-state index is 0.0961. The molecule has 7 heteroatoms. The Hall–Kier alpha value is -1.63. The van der Waals surface area contributed by atoms with Crippen molar-refractivity contribution < 1.29 is 14.0 Å². The van der Waals surface area contributed by atoms with E-state index in [4.69, 9.17) is 31.3 Å². The van der Waals surface area contributed by atoms with Crippen molar-refractivity contribution in [1.29, 1.82) is 0 Å². The fraction of sp³-hybridized carbons (Fsp3) is 0.429. The van der Waals surface area contributed by atoms with E-state index in [9.17, 15) is 0 Å². The molecule has 0 aliphatic heterocycles. The lowest BCUT2D eigenvalue weighted by atomic mass is 10.2. The third-order valence-electron chi connectivity index (χ3n) is 2.78. The van der Waals surface area contributed by atoms with E-state index in [0.29, 0.717) is 34.7 Å². The SMILES string of the molecule is COc1cc(Cl)ccc1-c1nc(C(N)COC(C)C)no1. The highest BCUT2D eigenvalue weighted by molar-refractivity contribution is 6.30. The van der Waals surface area contributed by atoms with Crippen molar-refractivity contribution in [2.24, 2.45) is 5.73 Å². The van der Waals surface area contributed by atoms with Crippen LogP contribution in [-0.4, -0.2) is 30.0 Å². The second kappa shape index (κ2) is 6.89. The van der Waals surface area contributed by atoms with Gasteiger partial charge >= 0.3 is 0 Å². The molecule has 0 spiro atoms. The first-order chi connectivity index (χ1) is 10.0. The van der Waals surface area contributed by atoms with Gasteiger partial charge in [0.2, 0.25) is 0 Å². The molecule has 0 fully saturated rings. The van der Waals surface area contributed by atoms with Gasteiger partial charge in [0, 0.05) is 5.02 Å². The lowest BCUT2D eigenvalue weighted by Crippen LogP contribution is -2.20. The van der Waals surface area contributed by atoms with E-state index in [1.807, 2.05) is 13.8 Å². The van der Waals surface area contributed by atoms with Crippen LogP contribution >= 0.6 is 11.6 Å². The second-order valence-electron chi connectivity index (χ2n) is 4.79. The molecule has 0 radical (unpaired) electrons. The lowest BCUT2D eigenvalue weighted by Gasteiger charge is -2.10. The van der Waals surface area contributed by atoms with Crippen molar-refractivity contribution in [3.8, 4) is 17.2 Å². The zero-order valence-electron chi connectivity index (χ0n) is 12.2. The maximum absolute atomic E-state index is 5.97. The molecule has 0 saturated heterocycles. The summed E-state index contributed by atoms with van der Waals surface area (Å²) in [4.78, 5) is 4.29. The van der Waals surface area contributed by atoms with Crippen LogP contribution in [0.2, 0.25) is 5.02 Å². The molecule has 1 aromatic heterocycles. The lowest BCUT2D eigenvalue weighted by molar-refractivity contribution is 0.0665. The predicted molar refractivity (Wildman–Crippen MR) is 79.3 cm³/mol. The summed E-state index contributed by atoms with van der Waals surface area (Å²) in [6.07, 6.45) is 0.0961. The number of nitrogens with zero attached hydrogens (tertiary/aromatic N) is 2. The van der Waals surface area contributed by atoms with Gasteiger partial charge in [-0.15, -0.1) is 0 Å². The number of benzene rings is 1. The van der Waals surface area contributed by atoms with Crippen LogP contribution in [0.5, 0.6) is 5.75 Å². The highest BCUT2D eigenvalue weighted by Crippen LogP contribution is 2.31. The van der Waals surface area contributed by atoms with Gasteiger partial charge in [-0.05, 0) is 32.0 Å². The Morgan fingerprint density at radius 2 is 2.14 bits per heavy atom. The molecular formula is C14H18ClN3O3. The third-order valence-corrected chi connectivity index (χ3v) is 3.01. The summed E-state index contributed by atoms with van der Waals surface area (Å²) in [6, 6.07) is 4.73. The number of hydrogen-bond donors (Lipinski definition) is 1. The number of halogens is 1. The summed E-state index contributed by atoms with van der Waals surface area (Å²) < 4.78 is 15.9. The summed E-state index contributed by atoms with van der Waals surface area (Å²) in [7, 11) is 1.55. The summed E-state index contributed by atoms with van der Waals surface area (Å²) in [5, 5.41) is 4.46. The molecule has 0 bridgehead atoms. The molecule has 0 amide bonds. The van der Waals surface area contributed by atoms with Crippen molar-refractivity contribution in [3.63, 3.8) is 0 Å². The van der Waals surface area contributed by atoms with Gasteiger partial charge in [-0.25, -0.2) is 0 Å².